The molecule has 1 aromatic carbocycles. The summed E-state index contributed by atoms with van der Waals surface area (Å²) in [6.45, 7) is 10.3. The zero-order chi connectivity index (χ0) is 24.2. The van der Waals surface area contributed by atoms with Crippen LogP contribution in [0.2, 0.25) is 0 Å². The molecule has 0 spiro atoms. The van der Waals surface area contributed by atoms with Gasteiger partial charge in [-0.2, -0.15) is 0 Å². The van der Waals surface area contributed by atoms with Crippen LogP contribution in [0.25, 0.3) is 22.6 Å². The lowest BCUT2D eigenvalue weighted by molar-refractivity contribution is 0.0500. The predicted octanol–water partition coefficient (Wildman–Crippen LogP) is 5.55. The fourth-order valence-electron chi connectivity index (χ4n) is 3.28. The summed E-state index contributed by atoms with van der Waals surface area (Å²) in [6.07, 6.45) is 3.41. The first-order chi connectivity index (χ1) is 16.0. The molecule has 3 aromatic rings. The Bertz CT molecular complexity index is 952. The number of halogens is 1. The molecule has 0 bridgehead atoms. The second-order valence-electron chi connectivity index (χ2n) is 7.58. The van der Waals surface area contributed by atoms with Crippen molar-refractivity contribution in [2.45, 2.75) is 46.6 Å². The molecule has 0 aliphatic heterocycles. The number of aromatic amines is 1. The van der Waals surface area contributed by atoms with E-state index in [4.69, 9.17) is 9.72 Å². The van der Waals surface area contributed by atoms with Gasteiger partial charge in [0.1, 0.15) is 17.7 Å². The van der Waals surface area contributed by atoms with Crippen LogP contribution in [-0.2, 0) is 4.74 Å². The van der Waals surface area contributed by atoms with Crippen LogP contribution < -0.4 is 5.32 Å². The van der Waals surface area contributed by atoms with Gasteiger partial charge in [0.2, 0.25) is 5.95 Å². The van der Waals surface area contributed by atoms with Gasteiger partial charge in [0.05, 0.1) is 17.1 Å². The van der Waals surface area contributed by atoms with Gasteiger partial charge in [0.15, 0.2) is 0 Å². The van der Waals surface area contributed by atoms with Crippen LogP contribution in [0.1, 0.15) is 52.5 Å². The summed E-state index contributed by atoms with van der Waals surface area (Å²) in [4.78, 5) is 19.4. The molecule has 2 heterocycles. The minimum absolute atomic E-state index is 0.137. The van der Waals surface area contributed by atoms with E-state index >= 15 is 0 Å². The minimum atomic E-state index is -0.284. The van der Waals surface area contributed by atoms with E-state index in [1.54, 1.807) is 18.3 Å². The topological polar surface area (TPSA) is 79.0 Å². The minimum Gasteiger partial charge on any atom is -0.371 e. The van der Waals surface area contributed by atoms with Gasteiger partial charge in [0.25, 0.3) is 0 Å². The number of rotatable bonds is 11. The number of hydrogen-bond donors (Lipinski definition) is 2. The second-order valence-corrected chi connectivity index (χ2v) is 7.58. The molecule has 1 atom stereocenters. The SMILES string of the molecule is CC.CCCC(OCC)c1nc(-c2ccc(F)cc2)c(-c2ccnc(NCCN(C)C)n2)[nH]1. The summed E-state index contributed by atoms with van der Waals surface area (Å²) >= 11 is 0. The van der Waals surface area contributed by atoms with Crippen LogP contribution in [0.4, 0.5) is 10.3 Å². The van der Waals surface area contributed by atoms with Gasteiger partial charge in [0, 0.05) is 31.5 Å². The monoisotopic (exact) mass is 456 g/mol. The Hall–Kier alpha value is -2.84. The molecular formula is C25H37FN6O. The van der Waals surface area contributed by atoms with Crippen molar-refractivity contribution < 1.29 is 9.13 Å². The van der Waals surface area contributed by atoms with Gasteiger partial charge in [-0.1, -0.05) is 27.2 Å². The molecular weight excluding hydrogens is 419 g/mol. The Labute approximate surface area is 196 Å². The number of anilines is 1. The smallest absolute Gasteiger partial charge is 0.223 e. The van der Waals surface area contributed by atoms with Gasteiger partial charge < -0.3 is 19.9 Å². The van der Waals surface area contributed by atoms with Gasteiger partial charge in [-0.05, 0) is 57.8 Å². The third-order valence-electron chi connectivity index (χ3n) is 4.82. The standard InChI is InChI=1S/C23H31FN6O.C2H6/c1-5-7-19(31-6-2)22-28-20(16-8-10-17(24)11-9-16)21(29-22)18-12-13-25-23(27-18)26-14-15-30(3)4;1-2/h8-13,19H,5-7,14-15H2,1-4H3,(H,28,29)(H,25,26,27);1-2H3. The fraction of sp³-hybridized carbons (Fsp3) is 0.480. The number of imidazole rings is 1. The number of ether oxygens (including phenoxy) is 1. The zero-order valence-corrected chi connectivity index (χ0v) is 20.7. The third kappa shape index (κ3) is 7.61. The van der Waals surface area contributed by atoms with Crippen molar-refractivity contribution in [1.29, 1.82) is 0 Å². The quantitative estimate of drug-likeness (QED) is 0.394. The van der Waals surface area contributed by atoms with Crippen molar-refractivity contribution in [3.05, 3.63) is 48.2 Å². The lowest BCUT2D eigenvalue weighted by Gasteiger charge is -2.13. The van der Waals surface area contributed by atoms with E-state index in [1.165, 1.54) is 12.1 Å². The van der Waals surface area contributed by atoms with Crippen LogP contribution in [0.15, 0.2) is 36.5 Å². The van der Waals surface area contributed by atoms with E-state index in [0.717, 1.165) is 43.0 Å². The zero-order valence-electron chi connectivity index (χ0n) is 20.7. The summed E-state index contributed by atoms with van der Waals surface area (Å²) in [7, 11) is 4.04. The largest absolute Gasteiger partial charge is 0.371 e. The van der Waals surface area contributed by atoms with Crippen molar-refractivity contribution in [2.75, 3.05) is 39.1 Å². The molecule has 2 N–H and O–H groups in total. The molecule has 0 aliphatic rings. The van der Waals surface area contributed by atoms with Crippen LogP contribution in [0.3, 0.4) is 0 Å². The van der Waals surface area contributed by atoms with Crippen molar-refractivity contribution >= 4 is 5.95 Å². The highest BCUT2D eigenvalue weighted by atomic mass is 19.1. The van der Waals surface area contributed by atoms with Gasteiger partial charge >= 0.3 is 0 Å². The molecule has 0 fully saturated rings. The second kappa shape index (κ2) is 13.6. The molecule has 1 unspecified atom stereocenters. The van der Waals surface area contributed by atoms with Crippen LogP contribution >= 0.6 is 0 Å². The number of aromatic nitrogens is 4. The molecule has 7 nitrogen and oxygen atoms in total. The van der Waals surface area contributed by atoms with Crippen LogP contribution in [0.5, 0.6) is 0 Å². The van der Waals surface area contributed by atoms with E-state index in [0.29, 0.717) is 23.9 Å². The fourth-order valence-corrected chi connectivity index (χ4v) is 3.28. The number of likely N-dealkylation sites (N-methyl/N-ethyl adjacent to an activating group) is 1. The van der Waals surface area contributed by atoms with E-state index in [2.05, 4.69) is 32.1 Å². The highest BCUT2D eigenvalue weighted by Gasteiger charge is 2.21. The Kier molecular flexibility index (Phi) is 10.9. The maximum atomic E-state index is 13.5. The van der Waals surface area contributed by atoms with E-state index in [-0.39, 0.29) is 11.9 Å². The summed E-state index contributed by atoms with van der Waals surface area (Å²) < 4.78 is 19.4. The average Bonchev–Trinajstić information content (AvgIpc) is 3.26. The molecule has 0 amide bonds. The Morgan fingerprint density at radius 1 is 1.09 bits per heavy atom. The highest BCUT2D eigenvalue weighted by Crippen LogP contribution is 2.32. The van der Waals surface area contributed by atoms with E-state index in [9.17, 15) is 4.39 Å². The van der Waals surface area contributed by atoms with Crippen LogP contribution in [-0.4, -0.2) is 58.6 Å². The third-order valence-corrected chi connectivity index (χ3v) is 4.82. The average molecular weight is 457 g/mol. The van der Waals surface area contributed by atoms with E-state index in [1.807, 2.05) is 40.9 Å². The number of nitrogens with one attached hydrogen (secondary N) is 2. The molecule has 3 rings (SSSR count). The summed E-state index contributed by atoms with van der Waals surface area (Å²) in [5.74, 6) is 1.02. The summed E-state index contributed by atoms with van der Waals surface area (Å²) in [6, 6.07) is 8.18. The van der Waals surface area contributed by atoms with Crippen molar-refractivity contribution in [3.8, 4) is 22.6 Å². The lowest BCUT2D eigenvalue weighted by atomic mass is 10.1. The molecule has 0 saturated heterocycles. The van der Waals surface area contributed by atoms with Gasteiger partial charge in [-0.15, -0.1) is 0 Å². The number of benzene rings is 1. The Morgan fingerprint density at radius 2 is 1.82 bits per heavy atom. The number of nitrogens with zero attached hydrogens (tertiary/aromatic N) is 4. The first-order valence-corrected chi connectivity index (χ1v) is 11.7. The highest BCUT2D eigenvalue weighted by molar-refractivity contribution is 5.77. The first kappa shape index (κ1) is 26.4. The van der Waals surface area contributed by atoms with Crippen molar-refractivity contribution in [3.63, 3.8) is 0 Å². The molecule has 33 heavy (non-hydrogen) atoms. The van der Waals surface area contributed by atoms with E-state index < -0.39 is 0 Å². The maximum absolute atomic E-state index is 13.5. The lowest BCUT2D eigenvalue weighted by Crippen LogP contribution is -2.21. The van der Waals surface area contributed by atoms with Crippen LogP contribution in [0, 0.1) is 5.82 Å². The normalized spacial score (nSPS) is 11.8. The summed E-state index contributed by atoms with van der Waals surface area (Å²) in [5.41, 5.74) is 3.01. The number of hydrogen-bond acceptors (Lipinski definition) is 6. The number of H-pyrrole nitrogens is 1. The molecule has 8 heteroatoms. The molecule has 0 aliphatic carbocycles. The first-order valence-electron chi connectivity index (χ1n) is 11.7. The van der Waals surface area contributed by atoms with Gasteiger partial charge in [-0.3, -0.25) is 0 Å². The Morgan fingerprint density at radius 3 is 2.45 bits per heavy atom. The van der Waals surface area contributed by atoms with Gasteiger partial charge in [-0.25, -0.2) is 19.3 Å². The van der Waals surface area contributed by atoms with Crippen molar-refractivity contribution in [1.82, 2.24) is 24.8 Å². The molecule has 0 saturated carbocycles. The van der Waals surface area contributed by atoms with Crippen molar-refractivity contribution in [2.24, 2.45) is 0 Å². The molecule has 180 valence electrons. The maximum Gasteiger partial charge on any atom is 0.223 e. The predicted molar refractivity (Wildman–Crippen MR) is 133 cm³/mol. The molecule has 0 radical (unpaired) electrons. The molecule has 2 aromatic heterocycles. The summed E-state index contributed by atoms with van der Waals surface area (Å²) in [5, 5.41) is 3.25. The Balaban J connectivity index is 0.00000187.